The van der Waals surface area contributed by atoms with E-state index in [2.05, 4.69) is 83.0 Å². The molecule has 0 aliphatic carbocycles. The fraction of sp³-hybridized carbons (Fsp3) is 0.290. The zero-order chi connectivity index (χ0) is 76.4. The fourth-order valence-electron chi connectivity index (χ4n) is 10.4. The number of halogens is 4. The van der Waals surface area contributed by atoms with Gasteiger partial charge in [0.25, 0.3) is 29.1 Å². The first-order valence-corrected chi connectivity index (χ1v) is 45.1. The van der Waals surface area contributed by atoms with E-state index in [1.54, 1.807) is 142 Å². The van der Waals surface area contributed by atoms with Crippen molar-refractivity contribution in [2.45, 2.75) is 116 Å². The van der Waals surface area contributed by atoms with Crippen LogP contribution in [0.4, 0.5) is 0 Å². The van der Waals surface area contributed by atoms with Crippen molar-refractivity contribution in [1.29, 1.82) is 0 Å². The number of fused-ring (bicyclic) bond motifs is 3. The molecule has 0 bridgehead atoms. The summed E-state index contributed by atoms with van der Waals surface area (Å²) in [6, 6.07) is 40.7. The van der Waals surface area contributed by atoms with Crippen LogP contribution < -0.4 is 16.5 Å². The van der Waals surface area contributed by atoms with E-state index in [-0.39, 0.29) is 37.3 Å². The first kappa shape index (κ1) is 83.0. The van der Waals surface area contributed by atoms with E-state index >= 15 is 0 Å². The number of H-pyrrole nitrogens is 1. The largest absolute Gasteiger partial charge is 0.495 e. The number of sulfone groups is 3. The third-order valence-electron chi connectivity index (χ3n) is 16.6. The van der Waals surface area contributed by atoms with Crippen LogP contribution in [-0.4, -0.2) is 150 Å². The maximum absolute atomic E-state index is 13.2. The van der Waals surface area contributed by atoms with Crippen molar-refractivity contribution in [2.75, 3.05) is 37.1 Å². The van der Waals surface area contributed by atoms with Gasteiger partial charge in [-0.3, -0.25) is 4.98 Å². The molecule has 0 saturated carbocycles. The minimum atomic E-state index is -3.77. The summed E-state index contributed by atoms with van der Waals surface area (Å²) in [6.45, 7) is 15.9. The van der Waals surface area contributed by atoms with Crippen LogP contribution in [-0.2, 0) is 67.9 Å². The van der Waals surface area contributed by atoms with Gasteiger partial charge in [0.1, 0.15) is 15.5 Å². The molecule has 8 aromatic heterocycles. The lowest BCUT2D eigenvalue weighted by Gasteiger charge is -2.32. The Morgan fingerprint density at radius 1 is 0.558 bits per heavy atom. The number of aryl methyl sites for hydroxylation is 3. The van der Waals surface area contributed by atoms with Crippen molar-refractivity contribution >= 4 is 163 Å². The van der Waals surface area contributed by atoms with Gasteiger partial charge in [0.15, 0.2) is 36.0 Å². The SMILES string of the molecule is C1CCNC1.CS(=O)(=O)c1ccc(Br)cc1.Cc1cc2c(-c3ccc(S(C)(=O)=O)cn3)ccnc2[nH]1.Cc1cc2c(B3OC(C)(C)C(C)(C)O3)ccnc2n1S(=O)(=O)c1ccccc1.Cc1cc2c(Br)ccnc2n1S(=O)(=O)c1ccccc1.NC1CCS(=O)(=O)CC1.O=S(=O)(Cl)c1ccc(Br)cn1. The van der Waals surface area contributed by atoms with E-state index in [4.69, 9.17) is 25.7 Å². The standard InChI is InChI=1S/C20H23BN2O4S.C14H11BrN2O2S.C14H13N3O2S.C7H7BrO2S.C5H3BrClNO2S.C5H11NO2S.C4H9N/c1-14-13-16-17(21-26-19(2,3)20(4,5)27-21)11-12-22-18(16)23(14)28(24,25)15-9-7-6-8-10-15;1-10-9-12-13(15)7-8-16-14(12)17(10)20(18,19)11-5-3-2-4-6-11;1-9-7-12-11(5-6-15-14(12)17-9)13-4-3-10(8-16-13)20(2,18)19;1-11(9,10)7-4-2-6(8)3-5-7;6-4-1-2-5(8-3-4)11(7,9)10;6-5-1-3-9(7,8)4-2-5;1-2-4-5-3-1/h6-13H,1-5H3;2-9H,1H3;3-8H,1-2H3,(H,15,17);2-5H,1H3;1-3H;5H,1-4,6H2;5H,1-4H2. The van der Waals surface area contributed by atoms with E-state index in [0.717, 1.165) is 47.8 Å². The van der Waals surface area contributed by atoms with Crippen LogP contribution in [0.2, 0.25) is 0 Å². The minimum absolute atomic E-state index is 0.119. The van der Waals surface area contributed by atoms with Crippen molar-refractivity contribution in [1.82, 2.24) is 43.2 Å². The van der Waals surface area contributed by atoms with Crippen LogP contribution in [0.15, 0.2) is 215 Å². The van der Waals surface area contributed by atoms with Crippen molar-refractivity contribution < 1.29 is 59.8 Å². The molecule has 14 rings (SSSR count). The first-order valence-electron chi connectivity index (χ1n) is 32.0. The highest BCUT2D eigenvalue weighted by atomic mass is 79.9. The van der Waals surface area contributed by atoms with Gasteiger partial charge in [-0.05, 0) is 234 Å². The molecule has 3 aliphatic rings. The second-order valence-corrected chi connectivity index (χ2v) is 40.2. The monoisotopic (exact) mass is 1740 g/mol. The van der Waals surface area contributed by atoms with Crippen LogP contribution in [0.5, 0.6) is 0 Å². The van der Waals surface area contributed by atoms with Gasteiger partial charge in [0.05, 0.1) is 48.0 Å². The average Bonchev–Trinajstić information content (AvgIpc) is 1.59. The number of aromatic amines is 1. The van der Waals surface area contributed by atoms with E-state index in [9.17, 15) is 50.5 Å². The number of benzene rings is 3. The summed E-state index contributed by atoms with van der Waals surface area (Å²) < 4.78 is 157. The molecule has 3 saturated heterocycles. The topological polar surface area (TPSA) is 351 Å². The van der Waals surface area contributed by atoms with Gasteiger partial charge in [0, 0.05) is 112 Å². The van der Waals surface area contributed by atoms with Gasteiger partial charge in [-0.15, -0.1) is 0 Å². The van der Waals surface area contributed by atoms with Crippen LogP contribution in [0.1, 0.15) is 70.5 Å². The maximum Gasteiger partial charge on any atom is 0.495 e. The number of nitrogens with zero attached hydrogens (tertiary/aromatic N) is 7. The molecule has 24 nitrogen and oxygen atoms in total. The van der Waals surface area contributed by atoms with Gasteiger partial charge in [-0.25, -0.2) is 78.4 Å². The van der Waals surface area contributed by atoms with Crippen molar-refractivity contribution in [2.24, 2.45) is 5.73 Å². The molecule has 3 aromatic carbocycles. The molecule has 3 fully saturated rings. The Morgan fingerprint density at radius 2 is 1.05 bits per heavy atom. The Bertz CT molecular complexity index is 5440. The molecule has 35 heteroatoms. The molecule has 554 valence electrons. The zero-order valence-electron chi connectivity index (χ0n) is 57.9. The number of hydrogen-bond acceptors (Lipinski definition) is 21. The molecule has 11 aromatic rings. The summed E-state index contributed by atoms with van der Waals surface area (Å²) in [5.41, 5.74) is 10.8. The van der Waals surface area contributed by atoms with Gasteiger partial charge in [-0.2, -0.15) is 0 Å². The third kappa shape index (κ3) is 21.4. The molecule has 0 spiro atoms. The highest BCUT2D eigenvalue weighted by Crippen LogP contribution is 2.38. The lowest BCUT2D eigenvalue weighted by Crippen LogP contribution is -2.41. The molecular weight excluding hydrogens is 1670 g/mol. The summed E-state index contributed by atoms with van der Waals surface area (Å²) in [7, 11) is -15.6. The number of nitrogens with one attached hydrogen (secondary N) is 2. The van der Waals surface area contributed by atoms with Gasteiger partial charge in [-0.1, -0.05) is 52.3 Å². The lowest BCUT2D eigenvalue weighted by atomic mass is 9.78. The molecule has 104 heavy (non-hydrogen) atoms. The lowest BCUT2D eigenvalue weighted by molar-refractivity contribution is 0.00578. The van der Waals surface area contributed by atoms with Crippen LogP contribution in [0.25, 0.3) is 44.4 Å². The smallest absolute Gasteiger partial charge is 0.399 e. The summed E-state index contributed by atoms with van der Waals surface area (Å²) in [5, 5.41) is 5.55. The Labute approximate surface area is 637 Å². The van der Waals surface area contributed by atoms with E-state index in [1.165, 1.54) is 64.8 Å². The van der Waals surface area contributed by atoms with E-state index < -0.39 is 76.9 Å². The normalized spacial score (nSPS) is 15.6. The predicted octanol–water partition coefficient (Wildman–Crippen LogP) is 12.1. The number of aromatic nitrogens is 8. The number of nitrogens with two attached hydrogens (primary N) is 1. The van der Waals surface area contributed by atoms with Gasteiger partial charge >= 0.3 is 7.12 Å². The molecular formula is C69H77BBr3ClN10O14S6. The summed E-state index contributed by atoms with van der Waals surface area (Å²) in [4.78, 5) is 24.9. The molecule has 0 unspecified atom stereocenters. The molecule has 0 amide bonds. The van der Waals surface area contributed by atoms with Crippen LogP contribution in [0.3, 0.4) is 0 Å². The van der Waals surface area contributed by atoms with E-state index in [1.807, 2.05) is 65.0 Å². The predicted molar refractivity (Wildman–Crippen MR) is 418 cm³/mol. The second-order valence-electron chi connectivity index (χ2n) is 25.1. The fourth-order valence-corrected chi connectivity index (χ4v) is 17.8. The van der Waals surface area contributed by atoms with Crippen LogP contribution in [0, 0.1) is 20.8 Å². The summed E-state index contributed by atoms with van der Waals surface area (Å²) >= 11 is 9.75. The van der Waals surface area contributed by atoms with Gasteiger partial charge < -0.3 is 25.3 Å². The highest BCUT2D eigenvalue weighted by molar-refractivity contribution is 9.11. The molecule has 4 N–H and O–H groups in total. The number of rotatable bonds is 9. The van der Waals surface area contributed by atoms with E-state index in [0.29, 0.717) is 50.3 Å². The maximum atomic E-state index is 13.2. The highest BCUT2D eigenvalue weighted by Gasteiger charge is 2.52. The Balaban J connectivity index is 0.000000162. The quantitative estimate of drug-likeness (QED) is 0.0892. The number of hydrogen-bond donors (Lipinski definition) is 3. The summed E-state index contributed by atoms with van der Waals surface area (Å²) in [5.74, 6) is 0.572. The number of pyridine rings is 5. The first-order chi connectivity index (χ1) is 48.6. The second kappa shape index (κ2) is 34.5. The van der Waals surface area contributed by atoms with Crippen LogP contribution >= 0.6 is 58.5 Å². The average molecular weight is 1750 g/mol. The molecule has 0 atom stereocenters. The molecule has 11 heterocycles. The minimum Gasteiger partial charge on any atom is -0.399 e. The van der Waals surface area contributed by atoms with Crippen molar-refractivity contribution in [3.05, 3.63) is 207 Å². The van der Waals surface area contributed by atoms with Crippen molar-refractivity contribution in [3.63, 3.8) is 0 Å². The Kier molecular flexibility index (Phi) is 27.5. The Morgan fingerprint density at radius 3 is 1.51 bits per heavy atom. The zero-order valence-corrected chi connectivity index (χ0v) is 68.4. The molecule has 0 radical (unpaired) electrons. The molecule has 3 aliphatic heterocycles. The summed E-state index contributed by atoms with van der Waals surface area (Å²) in [6.07, 6.45) is 14.1. The Hall–Kier alpha value is -6.64. The van der Waals surface area contributed by atoms with Gasteiger partial charge in [0.2, 0.25) is 0 Å². The van der Waals surface area contributed by atoms with Crippen molar-refractivity contribution in [3.8, 4) is 11.3 Å². The third-order valence-corrected chi connectivity index (χ3v) is 27.0.